The smallest absolute Gasteiger partial charge is 0.330 e. The summed E-state index contributed by atoms with van der Waals surface area (Å²) in [5.74, 6) is 0.322. The highest BCUT2D eigenvalue weighted by molar-refractivity contribution is 5.54. The van der Waals surface area contributed by atoms with Crippen LogP contribution in [0.25, 0.3) is 11.3 Å². The van der Waals surface area contributed by atoms with Crippen molar-refractivity contribution in [3.63, 3.8) is 0 Å². The lowest BCUT2D eigenvalue weighted by molar-refractivity contribution is -0.0458. The number of aliphatic hydroxyl groups excluding tert-OH is 2. The maximum atomic E-state index is 11.9. The van der Waals surface area contributed by atoms with Crippen LogP contribution in [-0.2, 0) is 4.74 Å². The summed E-state index contributed by atoms with van der Waals surface area (Å²) in [7, 11) is 0. The number of aliphatic hydroxyl groups is 2. The Hall–Kier alpha value is -2.16. The largest absolute Gasteiger partial charge is 0.464 e. The van der Waals surface area contributed by atoms with Gasteiger partial charge < -0.3 is 19.4 Å². The molecule has 112 valence electrons. The zero-order chi connectivity index (χ0) is 15.0. The third-order valence-corrected chi connectivity index (χ3v) is 3.45. The van der Waals surface area contributed by atoms with Crippen molar-refractivity contribution in [3.8, 4) is 11.3 Å². The molecule has 0 saturated carbocycles. The van der Waals surface area contributed by atoms with Crippen molar-refractivity contribution in [2.24, 2.45) is 0 Å². The number of ether oxygens (including phenoxy) is 1. The first-order valence-electron chi connectivity index (χ1n) is 6.44. The number of rotatable bonds is 3. The third-order valence-electron chi connectivity index (χ3n) is 3.45. The van der Waals surface area contributed by atoms with E-state index < -0.39 is 29.7 Å². The fourth-order valence-corrected chi connectivity index (χ4v) is 2.36. The van der Waals surface area contributed by atoms with E-state index >= 15 is 0 Å². The van der Waals surface area contributed by atoms with E-state index in [-0.39, 0.29) is 18.6 Å². The number of aromatic nitrogens is 2. The van der Waals surface area contributed by atoms with Gasteiger partial charge in [-0.2, -0.15) is 0 Å². The molecule has 0 aliphatic carbocycles. The van der Waals surface area contributed by atoms with Gasteiger partial charge in [0.1, 0.15) is 18.1 Å². The molecule has 2 aromatic heterocycles. The number of nitrogens with one attached hydrogen (secondary N) is 1. The van der Waals surface area contributed by atoms with Gasteiger partial charge in [-0.3, -0.25) is 14.3 Å². The maximum Gasteiger partial charge on any atom is 0.330 e. The van der Waals surface area contributed by atoms with Crippen molar-refractivity contribution in [1.29, 1.82) is 0 Å². The molecule has 3 heterocycles. The highest BCUT2D eigenvalue weighted by Gasteiger charge is 2.35. The SMILES string of the molecule is O=c1[nH]c(=O)n([C@@H]2C[C@@H](O)[C@H](CO)O2)cc1-c1ccco1. The summed E-state index contributed by atoms with van der Waals surface area (Å²) < 4.78 is 11.7. The predicted octanol–water partition coefficient (Wildman–Crippen LogP) is -0.563. The zero-order valence-corrected chi connectivity index (χ0v) is 10.9. The second kappa shape index (κ2) is 5.32. The molecule has 21 heavy (non-hydrogen) atoms. The van der Waals surface area contributed by atoms with E-state index in [0.29, 0.717) is 5.76 Å². The Bertz CT molecular complexity index is 732. The Morgan fingerprint density at radius 3 is 2.86 bits per heavy atom. The Morgan fingerprint density at radius 2 is 2.24 bits per heavy atom. The van der Waals surface area contributed by atoms with E-state index in [0.717, 1.165) is 0 Å². The monoisotopic (exact) mass is 294 g/mol. The summed E-state index contributed by atoms with van der Waals surface area (Å²) in [6.07, 6.45) is 0.523. The van der Waals surface area contributed by atoms with Gasteiger partial charge in [0.05, 0.1) is 24.5 Å². The van der Waals surface area contributed by atoms with Crippen molar-refractivity contribution in [2.45, 2.75) is 24.9 Å². The molecular weight excluding hydrogens is 280 g/mol. The molecule has 3 N–H and O–H groups in total. The minimum absolute atomic E-state index is 0.148. The van der Waals surface area contributed by atoms with Crippen LogP contribution in [0.3, 0.4) is 0 Å². The number of hydrogen-bond donors (Lipinski definition) is 3. The van der Waals surface area contributed by atoms with E-state index in [4.69, 9.17) is 14.3 Å². The van der Waals surface area contributed by atoms with E-state index in [1.54, 1.807) is 12.1 Å². The quantitative estimate of drug-likeness (QED) is 0.698. The van der Waals surface area contributed by atoms with Crippen LogP contribution in [0.5, 0.6) is 0 Å². The first kappa shape index (κ1) is 13.8. The summed E-state index contributed by atoms with van der Waals surface area (Å²) in [5, 5.41) is 18.8. The molecule has 2 aromatic rings. The van der Waals surface area contributed by atoms with Crippen LogP contribution in [0.2, 0.25) is 0 Å². The van der Waals surface area contributed by atoms with Crippen LogP contribution < -0.4 is 11.2 Å². The Kier molecular flexibility index (Phi) is 3.50. The molecule has 1 fully saturated rings. The summed E-state index contributed by atoms with van der Waals surface area (Å²) >= 11 is 0. The van der Waals surface area contributed by atoms with Crippen molar-refractivity contribution >= 4 is 0 Å². The molecule has 8 nitrogen and oxygen atoms in total. The van der Waals surface area contributed by atoms with Gasteiger partial charge in [0.25, 0.3) is 5.56 Å². The fourth-order valence-electron chi connectivity index (χ4n) is 2.36. The fraction of sp³-hybridized carbons (Fsp3) is 0.385. The summed E-state index contributed by atoms with van der Waals surface area (Å²) in [4.78, 5) is 25.9. The van der Waals surface area contributed by atoms with Crippen molar-refractivity contribution in [1.82, 2.24) is 9.55 Å². The molecule has 0 spiro atoms. The third kappa shape index (κ3) is 2.44. The second-order valence-electron chi connectivity index (χ2n) is 4.80. The topological polar surface area (TPSA) is 118 Å². The molecular formula is C13H14N2O6. The summed E-state index contributed by atoms with van der Waals surface area (Å²) in [5.41, 5.74) is -1.03. The van der Waals surface area contributed by atoms with Crippen LogP contribution in [0, 0.1) is 0 Å². The van der Waals surface area contributed by atoms with Crippen molar-refractivity contribution in [2.75, 3.05) is 6.61 Å². The van der Waals surface area contributed by atoms with Gasteiger partial charge in [-0.1, -0.05) is 0 Å². The van der Waals surface area contributed by atoms with Gasteiger partial charge in [0.2, 0.25) is 0 Å². The van der Waals surface area contributed by atoms with E-state index in [1.807, 2.05) is 0 Å². The molecule has 1 aliphatic heterocycles. The predicted molar refractivity (Wildman–Crippen MR) is 70.6 cm³/mol. The van der Waals surface area contributed by atoms with Crippen LogP contribution >= 0.6 is 0 Å². The normalized spacial score (nSPS) is 25.3. The molecule has 0 radical (unpaired) electrons. The van der Waals surface area contributed by atoms with E-state index in [1.165, 1.54) is 17.0 Å². The first-order valence-corrected chi connectivity index (χ1v) is 6.44. The van der Waals surface area contributed by atoms with Crippen molar-refractivity contribution in [3.05, 3.63) is 45.4 Å². The Morgan fingerprint density at radius 1 is 1.43 bits per heavy atom. The van der Waals surface area contributed by atoms with Crippen LogP contribution in [-0.4, -0.2) is 38.6 Å². The van der Waals surface area contributed by atoms with Gasteiger partial charge in [0, 0.05) is 12.6 Å². The van der Waals surface area contributed by atoms with Gasteiger partial charge >= 0.3 is 5.69 Å². The van der Waals surface area contributed by atoms with Gasteiger partial charge in [0.15, 0.2) is 0 Å². The van der Waals surface area contributed by atoms with Crippen LogP contribution in [0.15, 0.2) is 38.6 Å². The molecule has 3 atom stereocenters. The molecule has 0 amide bonds. The molecule has 1 saturated heterocycles. The number of aromatic amines is 1. The van der Waals surface area contributed by atoms with E-state index in [2.05, 4.69) is 4.98 Å². The average molecular weight is 294 g/mol. The number of nitrogens with zero attached hydrogens (tertiary/aromatic N) is 1. The molecule has 3 rings (SSSR count). The highest BCUT2D eigenvalue weighted by atomic mass is 16.5. The number of hydrogen-bond acceptors (Lipinski definition) is 6. The molecule has 0 aromatic carbocycles. The average Bonchev–Trinajstić information content (AvgIpc) is 3.08. The Balaban J connectivity index is 2.02. The lowest BCUT2D eigenvalue weighted by Gasteiger charge is -2.14. The van der Waals surface area contributed by atoms with Crippen molar-refractivity contribution < 1.29 is 19.4 Å². The lowest BCUT2D eigenvalue weighted by atomic mass is 10.2. The number of H-pyrrole nitrogens is 1. The maximum absolute atomic E-state index is 11.9. The van der Waals surface area contributed by atoms with Crippen LogP contribution in [0.4, 0.5) is 0 Å². The number of furan rings is 1. The second-order valence-corrected chi connectivity index (χ2v) is 4.80. The summed E-state index contributed by atoms with van der Waals surface area (Å²) in [6.45, 7) is -0.346. The molecule has 0 bridgehead atoms. The molecule has 0 unspecified atom stereocenters. The lowest BCUT2D eigenvalue weighted by Crippen LogP contribution is -2.33. The van der Waals surface area contributed by atoms with Gasteiger partial charge in [-0.15, -0.1) is 0 Å². The zero-order valence-electron chi connectivity index (χ0n) is 10.9. The van der Waals surface area contributed by atoms with Crippen LogP contribution in [0.1, 0.15) is 12.6 Å². The first-order chi connectivity index (χ1) is 10.1. The minimum Gasteiger partial charge on any atom is -0.464 e. The van der Waals surface area contributed by atoms with E-state index in [9.17, 15) is 14.7 Å². The Labute approximate surface area is 118 Å². The van der Waals surface area contributed by atoms with Gasteiger partial charge in [-0.05, 0) is 12.1 Å². The molecule has 1 aliphatic rings. The highest BCUT2D eigenvalue weighted by Crippen LogP contribution is 2.28. The molecule has 8 heteroatoms. The minimum atomic E-state index is -0.870. The van der Waals surface area contributed by atoms with Gasteiger partial charge in [-0.25, -0.2) is 4.79 Å². The standard InChI is InChI=1S/C13H14N2O6/c16-6-10-8(17)4-11(21-10)15-5-7(9-2-1-3-20-9)12(18)14-13(15)19/h1-3,5,8,10-11,16-17H,4,6H2,(H,14,18,19)/t8-,10+,11+/m1/s1. The summed E-state index contributed by atoms with van der Waals surface area (Å²) in [6, 6.07) is 3.22.